The van der Waals surface area contributed by atoms with E-state index in [2.05, 4.69) is 12.2 Å². The standard InChI is InChI=1S/C14H21NO/c1-12(13-8-9-13)15-10-5-11-16-14-6-3-2-4-7-14/h2-4,6-7,12-13,15H,5,8-11H2,1H3. The summed E-state index contributed by atoms with van der Waals surface area (Å²) in [5.74, 6) is 1.91. The van der Waals surface area contributed by atoms with E-state index >= 15 is 0 Å². The van der Waals surface area contributed by atoms with Gasteiger partial charge < -0.3 is 10.1 Å². The molecule has 2 nitrogen and oxygen atoms in total. The lowest BCUT2D eigenvalue weighted by Crippen LogP contribution is -2.29. The fourth-order valence-electron chi connectivity index (χ4n) is 1.87. The Hall–Kier alpha value is -1.02. The molecule has 0 aliphatic heterocycles. The molecule has 0 spiro atoms. The minimum Gasteiger partial charge on any atom is -0.494 e. The minimum absolute atomic E-state index is 0.691. The number of para-hydroxylation sites is 1. The van der Waals surface area contributed by atoms with Gasteiger partial charge in [0, 0.05) is 6.04 Å². The zero-order valence-corrected chi connectivity index (χ0v) is 9.99. The first-order chi connectivity index (χ1) is 7.86. The fraction of sp³-hybridized carbons (Fsp3) is 0.571. The number of nitrogens with one attached hydrogen (secondary N) is 1. The van der Waals surface area contributed by atoms with Crippen LogP contribution in [0.3, 0.4) is 0 Å². The van der Waals surface area contributed by atoms with Gasteiger partial charge in [-0.1, -0.05) is 18.2 Å². The Labute approximate surface area is 98.0 Å². The van der Waals surface area contributed by atoms with Gasteiger partial charge in [-0.3, -0.25) is 0 Å². The van der Waals surface area contributed by atoms with Gasteiger partial charge in [-0.05, 0) is 50.8 Å². The summed E-state index contributed by atoms with van der Waals surface area (Å²) in [5.41, 5.74) is 0. The van der Waals surface area contributed by atoms with E-state index in [1.54, 1.807) is 0 Å². The fourth-order valence-corrected chi connectivity index (χ4v) is 1.87. The van der Waals surface area contributed by atoms with Crippen molar-refractivity contribution < 1.29 is 4.74 Å². The molecule has 1 fully saturated rings. The molecule has 0 bridgehead atoms. The molecule has 0 radical (unpaired) electrons. The monoisotopic (exact) mass is 219 g/mol. The Balaban J connectivity index is 1.52. The Morgan fingerprint density at radius 3 is 2.75 bits per heavy atom. The smallest absolute Gasteiger partial charge is 0.119 e. The average molecular weight is 219 g/mol. The highest BCUT2D eigenvalue weighted by Gasteiger charge is 2.26. The van der Waals surface area contributed by atoms with E-state index < -0.39 is 0 Å². The van der Waals surface area contributed by atoms with Crippen molar-refractivity contribution in [2.24, 2.45) is 5.92 Å². The van der Waals surface area contributed by atoms with Crippen molar-refractivity contribution in [3.63, 3.8) is 0 Å². The van der Waals surface area contributed by atoms with Crippen LogP contribution in [0.1, 0.15) is 26.2 Å². The van der Waals surface area contributed by atoms with Crippen LogP contribution in [0, 0.1) is 5.92 Å². The third-order valence-corrected chi connectivity index (χ3v) is 3.13. The van der Waals surface area contributed by atoms with Gasteiger partial charge in [0.15, 0.2) is 0 Å². The molecule has 88 valence electrons. The SMILES string of the molecule is CC(NCCCOc1ccccc1)C1CC1. The van der Waals surface area contributed by atoms with Crippen LogP contribution in [-0.2, 0) is 0 Å². The van der Waals surface area contributed by atoms with Crippen LogP contribution in [0.4, 0.5) is 0 Å². The first-order valence-electron chi connectivity index (χ1n) is 6.27. The van der Waals surface area contributed by atoms with E-state index in [1.165, 1.54) is 12.8 Å². The zero-order chi connectivity index (χ0) is 11.2. The normalized spacial score (nSPS) is 17.1. The third kappa shape index (κ3) is 3.86. The van der Waals surface area contributed by atoms with Crippen molar-refractivity contribution in [1.29, 1.82) is 0 Å². The van der Waals surface area contributed by atoms with Gasteiger partial charge in [-0.15, -0.1) is 0 Å². The van der Waals surface area contributed by atoms with E-state index in [9.17, 15) is 0 Å². The Kier molecular flexibility index (Phi) is 4.23. The zero-order valence-electron chi connectivity index (χ0n) is 9.99. The van der Waals surface area contributed by atoms with E-state index in [0.29, 0.717) is 6.04 Å². The van der Waals surface area contributed by atoms with Crippen molar-refractivity contribution in [3.8, 4) is 5.75 Å². The van der Waals surface area contributed by atoms with Crippen molar-refractivity contribution in [1.82, 2.24) is 5.32 Å². The highest BCUT2D eigenvalue weighted by atomic mass is 16.5. The lowest BCUT2D eigenvalue weighted by atomic mass is 10.2. The van der Waals surface area contributed by atoms with Gasteiger partial charge in [0.25, 0.3) is 0 Å². The van der Waals surface area contributed by atoms with Crippen LogP contribution >= 0.6 is 0 Å². The van der Waals surface area contributed by atoms with Crippen LogP contribution in [-0.4, -0.2) is 19.2 Å². The Morgan fingerprint density at radius 2 is 2.06 bits per heavy atom. The van der Waals surface area contributed by atoms with Crippen molar-refractivity contribution >= 4 is 0 Å². The van der Waals surface area contributed by atoms with Gasteiger partial charge in [-0.2, -0.15) is 0 Å². The van der Waals surface area contributed by atoms with E-state index in [0.717, 1.165) is 31.2 Å². The molecular formula is C14H21NO. The molecule has 1 unspecified atom stereocenters. The summed E-state index contributed by atoms with van der Waals surface area (Å²) in [6.45, 7) is 4.15. The first kappa shape index (κ1) is 11.5. The first-order valence-corrected chi connectivity index (χ1v) is 6.27. The van der Waals surface area contributed by atoms with Gasteiger partial charge in [0.2, 0.25) is 0 Å². The maximum Gasteiger partial charge on any atom is 0.119 e. The summed E-state index contributed by atoms with van der Waals surface area (Å²) in [7, 11) is 0. The quantitative estimate of drug-likeness (QED) is 0.712. The highest BCUT2D eigenvalue weighted by Crippen LogP contribution is 2.32. The molecule has 0 heterocycles. The number of hydrogen-bond donors (Lipinski definition) is 1. The number of hydrogen-bond acceptors (Lipinski definition) is 2. The lowest BCUT2D eigenvalue weighted by molar-refractivity contribution is 0.304. The second-order valence-corrected chi connectivity index (χ2v) is 4.60. The predicted molar refractivity (Wildman–Crippen MR) is 66.7 cm³/mol. The maximum absolute atomic E-state index is 5.62. The molecule has 1 N–H and O–H groups in total. The molecule has 16 heavy (non-hydrogen) atoms. The lowest BCUT2D eigenvalue weighted by Gasteiger charge is -2.12. The van der Waals surface area contributed by atoms with Crippen LogP contribution in [0.5, 0.6) is 5.75 Å². The van der Waals surface area contributed by atoms with E-state index in [4.69, 9.17) is 4.74 Å². The van der Waals surface area contributed by atoms with Gasteiger partial charge >= 0.3 is 0 Å². The molecule has 1 aliphatic carbocycles. The molecule has 1 saturated carbocycles. The number of ether oxygens (including phenoxy) is 1. The highest BCUT2D eigenvalue weighted by molar-refractivity contribution is 5.20. The van der Waals surface area contributed by atoms with Crippen molar-refractivity contribution in [2.75, 3.05) is 13.2 Å². The Bertz CT molecular complexity index is 295. The summed E-state index contributed by atoms with van der Waals surface area (Å²) in [6, 6.07) is 10.7. The number of benzene rings is 1. The molecule has 0 aromatic heterocycles. The molecule has 2 heteroatoms. The van der Waals surface area contributed by atoms with E-state index in [-0.39, 0.29) is 0 Å². The molecule has 1 aromatic rings. The molecule has 1 aromatic carbocycles. The molecular weight excluding hydrogens is 198 g/mol. The third-order valence-electron chi connectivity index (χ3n) is 3.13. The maximum atomic E-state index is 5.62. The summed E-state index contributed by atoms with van der Waals surface area (Å²) in [4.78, 5) is 0. The number of rotatable bonds is 7. The summed E-state index contributed by atoms with van der Waals surface area (Å²) >= 11 is 0. The second-order valence-electron chi connectivity index (χ2n) is 4.60. The van der Waals surface area contributed by atoms with Gasteiger partial charge in [0.1, 0.15) is 5.75 Å². The molecule has 1 atom stereocenters. The van der Waals surface area contributed by atoms with Gasteiger partial charge in [0.05, 0.1) is 6.61 Å². The van der Waals surface area contributed by atoms with Crippen LogP contribution in [0.2, 0.25) is 0 Å². The second kappa shape index (κ2) is 5.90. The van der Waals surface area contributed by atoms with Crippen LogP contribution in [0.25, 0.3) is 0 Å². The topological polar surface area (TPSA) is 21.3 Å². The van der Waals surface area contributed by atoms with E-state index in [1.807, 2.05) is 30.3 Å². The summed E-state index contributed by atoms with van der Waals surface area (Å²) in [5, 5.41) is 3.55. The molecule has 1 aliphatic rings. The Morgan fingerprint density at radius 1 is 1.31 bits per heavy atom. The van der Waals surface area contributed by atoms with Crippen LogP contribution < -0.4 is 10.1 Å². The molecule has 0 saturated heterocycles. The molecule has 0 amide bonds. The summed E-state index contributed by atoms with van der Waals surface area (Å²) in [6.07, 6.45) is 3.90. The minimum atomic E-state index is 0.691. The van der Waals surface area contributed by atoms with Gasteiger partial charge in [-0.25, -0.2) is 0 Å². The van der Waals surface area contributed by atoms with Crippen LogP contribution in [0.15, 0.2) is 30.3 Å². The molecule has 2 rings (SSSR count). The predicted octanol–water partition coefficient (Wildman–Crippen LogP) is 2.84. The largest absolute Gasteiger partial charge is 0.494 e. The van der Waals surface area contributed by atoms with Crippen molar-refractivity contribution in [3.05, 3.63) is 30.3 Å². The average Bonchev–Trinajstić information content (AvgIpc) is 3.13. The summed E-state index contributed by atoms with van der Waals surface area (Å²) < 4.78 is 5.62. The van der Waals surface area contributed by atoms with Crippen molar-refractivity contribution in [2.45, 2.75) is 32.2 Å².